The van der Waals surface area contributed by atoms with Gasteiger partial charge < -0.3 is 44.5 Å². The highest BCUT2D eigenvalue weighted by molar-refractivity contribution is 5.88. The highest BCUT2D eigenvalue weighted by Gasteiger charge is 2.72. The first-order valence-corrected chi connectivity index (χ1v) is 13.5. The minimum Gasteiger partial charge on any atom is -0.493 e. The van der Waals surface area contributed by atoms with Gasteiger partial charge in [-0.3, -0.25) is 14.4 Å². The number of esters is 2. The second-order valence-corrected chi connectivity index (χ2v) is 11.1. The maximum absolute atomic E-state index is 12.9. The van der Waals surface area contributed by atoms with Crippen LogP contribution in [0, 0.1) is 0 Å². The number of aliphatic hydroxyl groups excluding tert-OH is 1. The van der Waals surface area contributed by atoms with E-state index >= 15 is 0 Å². The number of piperidine rings is 1. The van der Waals surface area contributed by atoms with Crippen molar-refractivity contribution in [3.63, 3.8) is 0 Å². The Bertz CT molecular complexity index is 1330. The van der Waals surface area contributed by atoms with Crippen molar-refractivity contribution in [1.29, 1.82) is 0 Å². The van der Waals surface area contributed by atoms with E-state index in [1.807, 2.05) is 19.2 Å². The zero-order valence-corrected chi connectivity index (χ0v) is 23.2. The lowest BCUT2D eigenvalue weighted by molar-refractivity contribution is -0.173. The summed E-state index contributed by atoms with van der Waals surface area (Å²) in [6, 6.07) is 2.39. The standard InChI is InChI=1S/C28H34N2O11/c1-13(25(34)35)29-24(33)14(2)39-20(32)12-16(31)26(36)40-18-7-8-28(37)19-11-15-5-6-17(38-4)22-21(15)27(28,23(18)41-22)9-10-30(19)3/h5-7,13-14,16,19,23,31,37H,8-12H2,1-4H3,(H,29,33)(H,34,35)/t13?,14?,16?,19-,23+,27+,28-/m1/s1. The second-order valence-electron chi connectivity index (χ2n) is 11.1. The lowest BCUT2D eigenvalue weighted by Crippen LogP contribution is -2.74. The number of carboxylic acid groups (broad SMARTS) is 1. The molecule has 2 aliphatic carbocycles. The molecule has 1 saturated heterocycles. The van der Waals surface area contributed by atoms with Crippen molar-refractivity contribution >= 4 is 23.8 Å². The minimum absolute atomic E-state index is 0.122. The van der Waals surface area contributed by atoms with Crippen LogP contribution in [0.5, 0.6) is 11.5 Å². The van der Waals surface area contributed by atoms with Gasteiger partial charge in [0.2, 0.25) is 0 Å². The molecule has 0 saturated carbocycles. The average Bonchev–Trinajstić information content (AvgIpc) is 3.27. The molecule has 4 aliphatic rings. The number of amides is 1. The molecule has 2 bridgehead atoms. The van der Waals surface area contributed by atoms with Gasteiger partial charge in [-0.15, -0.1) is 0 Å². The lowest BCUT2D eigenvalue weighted by atomic mass is 9.50. The molecule has 4 N–H and O–H groups in total. The van der Waals surface area contributed by atoms with E-state index in [4.69, 9.17) is 24.1 Å². The number of likely N-dealkylation sites (N-methyl/N-ethyl adjacent to an activating group) is 1. The Labute approximate surface area is 236 Å². The van der Waals surface area contributed by atoms with Crippen LogP contribution >= 0.6 is 0 Å². The fourth-order valence-electron chi connectivity index (χ4n) is 6.70. The summed E-state index contributed by atoms with van der Waals surface area (Å²) in [6.45, 7) is 3.16. The Hall–Kier alpha value is -3.68. The van der Waals surface area contributed by atoms with Crippen LogP contribution in [0.2, 0.25) is 0 Å². The zero-order valence-electron chi connectivity index (χ0n) is 23.2. The molecule has 1 fully saturated rings. The average molecular weight is 575 g/mol. The maximum atomic E-state index is 12.9. The van der Waals surface area contributed by atoms with Gasteiger partial charge in [0.05, 0.1) is 24.5 Å². The van der Waals surface area contributed by atoms with E-state index in [0.717, 1.165) is 11.1 Å². The van der Waals surface area contributed by atoms with Gasteiger partial charge in [0, 0.05) is 18.0 Å². The summed E-state index contributed by atoms with van der Waals surface area (Å²) in [5, 5.41) is 33.7. The first kappa shape index (κ1) is 28.8. The molecule has 1 aromatic rings. The van der Waals surface area contributed by atoms with Crippen molar-refractivity contribution < 1.29 is 53.4 Å². The monoisotopic (exact) mass is 574 g/mol. The normalized spacial score (nSPS) is 29.6. The van der Waals surface area contributed by atoms with Crippen molar-refractivity contribution in [2.75, 3.05) is 20.7 Å². The van der Waals surface area contributed by atoms with Crippen LogP contribution in [0.3, 0.4) is 0 Å². The van der Waals surface area contributed by atoms with Crippen LogP contribution in [0.1, 0.15) is 44.2 Å². The number of hydrogen-bond acceptors (Lipinski definition) is 11. The molecule has 1 aromatic carbocycles. The number of benzene rings is 1. The Morgan fingerprint density at radius 1 is 1.24 bits per heavy atom. The van der Waals surface area contributed by atoms with Crippen LogP contribution < -0.4 is 14.8 Å². The van der Waals surface area contributed by atoms with Gasteiger partial charge in [0.25, 0.3) is 5.91 Å². The highest BCUT2D eigenvalue weighted by atomic mass is 16.6. The molecule has 13 heteroatoms. The number of likely N-dealkylation sites (tertiary alicyclic amines) is 1. The van der Waals surface area contributed by atoms with E-state index in [1.54, 1.807) is 6.08 Å². The predicted octanol–water partition coefficient (Wildman–Crippen LogP) is -0.212. The molecular formula is C28H34N2O11. The van der Waals surface area contributed by atoms with Gasteiger partial charge >= 0.3 is 17.9 Å². The fraction of sp³-hybridized carbons (Fsp3) is 0.571. The van der Waals surface area contributed by atoms with Gasteiger partial charge in [-0.25, -0.2) is 4.79 Å². The first-order chi connectivity index (χ1) is 19.3. The van der Waals surface area contributed by atoms with Crippen LogP contribution in [0.4, 0.5) is 0 Å². The van der Waals surface area contributed by atoms with E-state index in [9.17, 15) is 29.4 Å². The van der Waals surface area contributed by atoms with Crippen LogP contribution in [0.25, 0.3) is 0 Å². The summed E-state index contributed by atoms with van der Waals surface area (Å²) in [4.78, 5) is 50.3. The third-order valence-corrected chi connectivity index (χ3v) is 8.82. The Balaban J connectivity index is 1.32. The van der Waals surface area contributed by atoms with Gasteiger partial charge in [-0.2, -0.15) is 0 Å². The highest BCUT2D eigenvalue weighted by Crippen LogP contribution is 2.65. The van der Waals surface area contributed by atoms with E-state index in [1.165, 1.54) is 21.0 Å². The molecule has 1 spiro atoms. The van der Waals surface area contributed by atoms with E-state index < -0.39 is 65.6 Å². The molecule has 1 amide bonds. The van der Waals surface area contributed by atoms with E-state index in [2.05, 4.69) is 10.2 Å². The number of hydrogen-bond donors (Lipinski definition) is 4. The Morgan fingerprint density at radius 2 is 1.98 bits per heavy atom. The van der Waals surface area contributed by atoms with E-state index in [-0.39, 0.29) is 18.2 Å². The number of methoxy groups -OCH3 is 1. The molecule has 5 rings (SSSR count). The number of carboxylic acids is 1. The molecule has 41 heavy (non-hydrogen) atoms. The molecule has 3 unspecified atom stereocenters. The predicted molar refractivity (Wildman–Crippen MR) is 139 cm³/mol. The van der Waals surface area contributed by atoms with Gasteiger partial charge in [-0.05, 0) is 58.0 Å². The number of carbonyl (C=O) groups is 4. The lowest BCUT2D eigenvalue weighted by Gasteiger charge is -2.61. The summed E-state index contributed by atoms with van der Waals surface area (Å²) in [5.41, 5.74) is -0.242. The smallest absolute Gasteiger partial charge is 0.340 e. The number of aliphatic carboxylic acids is 1. The van der Waals surface area contributed by atoms with Crippen molar-refractivity contribution in [3.05, 3.63) is 35.1 Å². The summed E-state index contributed by atoms with van der Waals surface area (Å²) in [5.74, 6) is -3.18. The molecule has 0 radical (unpaired) electrons. The fourth-order valence-corrected chi connectivity index (χ4v) is 6.70. The Kier molecular flexibility index (Phi) is 7.24. The molecule has 7 atom stereocenters. The summed E-state index contributed by atoms with van der Waals surface area (Å²) in [7, 11) is 3.50. The third-order valence-electron chi connectivity index (χ3n) is 8.82. The SMILES string of the molecule is COc1ccc2c3c1O[C@H]1C(OC(=O)C(O)CC(=O)OC(C)C(=O)NC(C)C(=O)O)=CC[C@@]4(O)[C@@H](C2)N(C)CC[C@]314. The zero-order chi connectivity index (χ0) is 29.9. The maximum Gasteiger partial charge on any atom is 0.340 e. The van der Waals surface area contributed by atoms with Crippen molar-refractivity contribution in [2.24, 2.45) is 0 Å². The van der Waals surface area contributed by atoms with Gasteiger partial charge in [0.1, 0.15) is 11.8 Å². The number of ether oxygens (including phenoxy) is 4. The summed E-state index contributed by atoms with van der Waals surface area (Å²) < 4.78 is 22.5. The number of rotatable bonds is 9. The van der Waals surface area contributed by atoms with Crippen molar-refractivity contribution in [2.45, 2.75) is 80.9 Å². The van der Waals surface area contributed by atoms with Gasteiger partial charge in [0.15, 0.2) is 29.8 Å². The van der Waals surface area contributed by atoms with E-state index in [0.29, 0.717) is 30.9 Å². The largest absolute Gasteiger partial charge is 0.493 e. The third kappa shape index (κ3) is 4.43. The number of nitrogens with zero attached hydrogens (tertiary/aromatic N) is 1. The number of carbonyl (C=O) groups excluding carboxylic acids is 3. The topological polar surface area (TPSA) is 181 Å². The second kappa shape index (κ2) is 10.3. The minimum atomic E-state index is -1.92. The quantitative estimate of drug-likeness (QED) is 0.285. The molecule has 0 aromatic heterocycles. The molecule has 2 heterocycles. The molecule has 2 aliphatic heterocycles. The number of aliphatic hydroxyl groups is 2. The van der Waals surface area contributed by atoms with Crippen LogP contribution in [0.15, 0.2) is 24.0 Å². The Morgan fingerprint density at radius 3 is 2.66 bits per heavy atom. The van der Waals surface area contributed by atoms with Crippen molar-refractivity contribution in [3.8, 4) is 11.5 Å². The molecule has 13 nitrogen and oxygen atoms in total. The van der Waals surface area contributed by atoms with Gasteiger partial charge in [-0.1, -0.05) is 6.07 Å². The number of nitrogens with one attached hydrogen (secondary N) is 1. The first-order valence-electron chi connectivity index (χ1n) is 13.5. The van der Waals surface area contributed by atoms with Crippen LogP contribution in [-0.4, -0.2) is 101 Å². The summed E-state index contributed by atoms with van der Waals surface area (Å²) >= 11 is 0. The molecule has 222 valence electrons. The van der Waals surface area contributed by atoms with Crippen molar-refractivity contribution in [1.82, 2.24) is 10.2 Å². The molecular weight excluding hydrogens is 540 g/mol. The summed E-state index contributed by atoms with van der Waals surface area (Å²) in [6.07, 6.45) is -2.03. The van der Waals surface area contributed by atoms with Crippen LogP contribution in [-0.2, 0) is 40.5 Å².